The van der Waals surface area contributed by atoms with Crippen molar-refractivity contribution in [2.75, 3.05) is 33.3 Å². The monoisotopic (exact) mass is 662 g/mol. The van der Waals surface area contributed by atoms with E-state index >= 15 is 0 Å². The van der Waals surface area contributed by atoms with Crippen molar-refractivity contribution >= 4 is 23.1 Å². The molecule has 1 aliphatic carbocycles. The van der Waals surface area contributed by atoms with E-state index in [2.05, 4.69) is 57.7 Å². The number of benzene rings is 3. The van der Waals surface area contributed by atoms with Crippen LogP contribution in [-0.2, 0) is 17.9 Å². The van der Waals surface area contributed by atoms with Gasteiger partial charge in [-0.15, -0.1) is 0 Å². The molecule has 10 heteroatoms. The van der Waals surface area contributed by atoms with Gasteiger partial charge >= 0.3 is 0 Å². The summed E-state index contributed by atoms with van der Waals surface area (Å²) < 4.78 is 39.9. The van der Waals surface area contributed by atoms with Gasteiger partial charge in [-0.25, -0.2) is 8.78 Å². The van der Waals surface area contributed by atoms with E-state index < -0.39 is 17.4 Å². The third-order valence-electron chi connectivity index (χ3n) is 9.96. The lowest BCUT2D eigenvalue weighted by Gasteiger charge is -2.41. The highest BCUT2D eigenvalue weighted by molar-refractivity contribution is 6.30. The number of hydrogen-bond donors (Lipinski definition) is 2. The summed E-state index contributed by atoms with van der Waals surface area (Å²) in [5.74, 6) is -1.06. The molecule has 3 atom stereocenters. The zero-order valence-electron chi connectivity index (χ0n) is 26.8. The molecule has 2 saturated heterocycles. The minimum absolute atomic E-state index is 0.0481. The second-order valence-corrected chi connectivity index (χ2v) is 13.6. The molecule has 1 saturated carbocycles. The average molecular weight is 663 g/mol. The fourth-order valence-corrected chi connectivity index (χ4v) is 7.42. The Bertz CT molecular complexity index is 1680. The number of nitrogens with one attached hydrogen (secondary N) is 2. The summed E-state index contributed by atoms with van der Waals surface area (Å²) in [7, 11) is 1.68. The maximum atomic E-state index is 14.5. The largest absolute Gasteiger partial charge is 0.496 e. The van der Waals surface area contributed by atoms with Crippen molar-refractivity contribution < 1.29 is 23.0 Å². The summed E-state index contributed by atoms with van der Waals surface area (Å²) in [6.07, 6.45) is 3.17. The quantitative estimate of drug-likeness (QED) is 0.265. The van der Waals surface area contributed by atoms with Gasteiger partial charge in [0.05, 0.1) is 18.2 Å². The van der Waals surface area contributed by atoms with E-state index in [0.29, 0.717) is 26.1 Å². The first-order valence-corrected chi connectivity index (χ1v) is 16.9. The van der Waals surface area contributed by atoms with Crippen LogP contribution in [0.3, 0.4) is 0 Å². The number of hydrogen-bond acceptors (Lipinski definition) is 6. The van der Waals surface area contributed by atoms with E-state index in [1.807, 2.05) is 12.1 Å². The summed E-state index contributed by atoms with van der Waals surface area (Å²) in [5.41, 5.74) is 6.39. The van der Waals surface area contributed by atoms with Gasteiger partial charge in [-0.05, 0) is 78.6 Å². The highest BCUT2D eigenvalue weighted by Crippen LogP contribution is 2.37. The second-order valence-electron chi connectivity index (χ2n) is 13.2. The van der Waals surface area contributed by atoms with E-state index in [-0.39, 0.29) is 35.2 Å². The van der Waals surface area contributed by atoms with Gasteiger partial charge in [0.2, 0.25) is 0 Å². The van der Waals surface area contributed by atoms with Crippen LogP contribution < -0.4 is 20.1 Å². The Morgan fingerprint density at radius 3 is 2.64 bits per heavy atom. The number of methoxy groups -OCH3 is 1. The van der Waals surface area contributed by atoms with Crippen LogP contribution in [0.1, 0.15) is 47.9 Å². The molecule has 7 rings (SSSR count). The molecule has 4 aliphatic rings. The van der Waals surface area contributed by atoms with E-state index in [4.69, 9.17) is 21.1 Å². The average Bonchev–Trinajstić information content (AvgIpc) is 3.83. The Hall–Kier alpha value is -3.50. The van der Waals surface area contributed by atoms with Gasteiger partial charge in [0.1, 0.15) is 11.9 Å². The van der Waals surface area contributed by atoms with Crippen LogP contribution in [0.2, 0.25) is 5.02 Å². The van der Waals surface area contributed by atoms with Gasteiger partial charge in [0.25, 0.3) is 5.91 Å². The maximum absolute atomic E-state index is 14.5. The zero-order valence-corrected chi connectivity index (χ0v) is 27.6. The predicted molar refractivity (Wildman–Crippen MR) is 179 cm³/mol. The maximum Gasteiger partial charge on any atom is 0.252 e. The molecule has 3 fully saturated rings. The van der Waals surface area contributed by atoms with Gasteiger partial charge in [-0.1, -0.05) is 48.0 Å². The molecule has 3 aromatic carbocycles. The normalized spacial score (nSPS) is 22.8. The third kappa shape index (κ3) is 6.77. The molecular formula is C37H41ClF2N4O3. The lowest BCUT2D eigenvalue weighted by atomic mass is 9.83. The Labute approximate surface area is 279 Å². The molecule has 3 aliphatic heterocycles. The number of halogens is 3. The van der Waals surface area contributed by atoms with Crippen molar-refractivity contribution in [2.24, 2.45) is 0 Å². The number of piperazine rings is 1. The fourth-order valence-electron chi connectivity index (χ4n) is 7.27. The number of likely N-dealkylation sites (tertiary alicyclic amines) is 1. The van der Waals surface area contributed by atoms with Crippen LogP contribution >= 0.6 is 11.6 Å². The Balaban J connectivity index is 1.09. The summed E-state index contributed by atoms with van der Waals surface area (Å²) in [6, 6.07) is 17.4. The van der Waals surface area contributed by atoms with Crippen LogP contribution in [0.5, 0.6) is 11.5 Å². The standard InChI is InChI=1S/C37H41ClF2N4O3/c1-22-25(4-3-5-33(22)46-2)20-44(27-10-11-27)37(45)34-29(16-26-17-41-18-32(34)42-26)24-8-6-23(7-9-24)19-43-15-14-28(21-43)47-36-31(39)13-12-30(38)35(36)40/h3-9,12-13,26-28,32,41-42H,10-11,14-21H2,1-2H3/t26-,28+,32-/m1/s1. The zero-order chi connectivity index (χ0) is 32.7. The van der Waals surface area contributed by atoms with Crippen LogP contribution in [-0.4, -0.2) is 73.2 Å². The van der Waals surface area contributed by atoms with Gasteiger partial charge in [0, 0.05) is 56.9 Å². The van der Waals surface area contributed by atoms with Crippen molar-refractivity contribution in [3.05, 3.63) is 99.1 Å². The summed E-state index contributed by atoms with van der Waals surface area (Å²) >= 11 is 5.84. The van der Waals surface area contributed by atoms with Gasteiger partial charge in [-0.2, -0.15) is 0 Å². The number of carbonyl (C=O) groups excluding carboxylic acids is 1. The van der Waals surface area contributed by atoms with Crippen molar-refractivity contribution in [3.63, 3.8) is 0 Å². The van der Waals surface area contributed by atoms with Crippen molar-refractivity contribution in [1.82, 2.24) is 20.4 Å². The molecule has 2 bridgehead atoms. The smallest absolute Gasteiger partial charge is 0.252 e. The molecule has 0 radical (unpaired) electrons. The van der Waals surface area contributed by atoms with Gasteiger partial charge < -0.3 is 25.0 Å². The number of rotatable bonds is 10. The molecular weight excluding hydrogens is 622 g/mol. The molecule has 7 nitrogen and oxygen atoms in total. The minimum Gasteiger partial charge on any atom is -0.496 e. The number of ether oxygens (including phenoxy) is 2. The molecule has 0 aromatic heterocycles. The fraction of sp³-hybridized carbons (Fsp3) is 0.432. The highest BCUT2D eigenvalue weighted by atomic mass is 35.5. The van der Waals surface area contributed by atoms with Crippen molar-refractivity contribution in [2.45, 2.75) is 69.9 Å². The van der Waals surface area contributed by atoms with E-state index in [0.717, 1.165) is 84.1 Å². The van der Waals surface area contributed by atoms with E-state index in [1.54, 1.807) is 7.11 Å². The molecule has 47 heavy (non-hydrogen) atoms. The number of nitrogens with zero attached hydrogens (tertiary/aromatic N) is 2. The summed E-state index contributed by atoms with van der Waals surface area (Å²) in [5, 5.41) is 7.10. The van der Waals surface area contributed by atoms with Crippen LogP contribution in [0.4, 0.5) is 8.78 Å². The Morgan fingerprint density at radius 1 is 1.06 bits per heavy atom. The van der Waals surface area contributed by atoms with Crippen molar-refractivity contribution in [1.29, 1.82) is 0 Å². The van der Waals surface area contributed by atoms with Crippen LogP contribution in [0, 0.1) is 18.6 Å². The van der Waals surface area contributed by atoms with Crippen LogP contribution in [0.25, 0.3) is 5.57 Å². The number of fused-ring (bicyclic) bond motifs is 2. The van der Waals surface area contributed by atoms with E-state index in [1.165, 1.54) is 6.07 Å². The first kappa shape index (κ1) is 32.1. The van der Waals surface area contributed by atoms with Gasteiger partial charge in [0.15, 0.2) is 17.4 Å². The molecule has 1 amide bonds. The molecule has 2 N–H and O–H groups in total. The molecule has 3 heterocycles. The Kier molecular flexibility index (Phi) is 9.24. The minimum atomic E-state index is -0.860. The number of carbonyl (C=O) groups is 1. The predicted octanol–water partition coefficient (Wildman–Crippen LogP) is 5.87. The number of amides is 1. The first-order chi connectivity index (χ1) is 22.8. The summed E-state index contributed by atoms with van der Waals surface area (Å²) in [4.78, 5) is 18.9. The topological polar surface area (TPSA) is 66.1 Å². The van der Waals surface area contributed by atoms with Crippen LogP contribution in [0.15, 0.2) is 60.2 Å². The molecule has 248 valence electrons. The second kappa shape index (κ2) is 13.5. The summed E-state index contributed by atoms with van der Waals surface area (Å²) in [6.45, 7) is 6.21. The third-order valence-corrected chi connectivity index (χ3v) is 10.3. The van der Waals surface area contributed by atoms with Crippen molar-refractivity contribution in [3.8, 4) is 11.5 Å². The molecule has 0 unspecified atom stereocenters. The SMILES string of the molecule is COc1cccc(CN(C(=O)C2=C(c3ccc(CN4CC[C@H](Oc5c(F)ccc(Cl)c5F)C4)cc3)C[C@@H]3CNC[C@H]2N3)C2CC2)c1C. The molecule has 3 aromatic rings. The van der Waals surface area contributed by atoms with E-state index in [9.17, 15) is 13.6 Å². The first-order valence-electron chi connectivity index (χ1n) is 16.5. The highest BCUT2D eigenvalue weighted by Gasteiger charge is 2.41. The lowest BCUT2D eigenvalue weighted by Crippen LogP contribution is -2.60. The molecule has 0 spiro atoms. The lowest BCUT2D eigenvalue weighted by molar-refractivity contribution is -0.128. The Morgan fingerprint density at radius 2 is 1.87 bits per heavy atom. The van der Waals surface area contributed by atoms with Gasteiger partial charge in [-0.3, -0.25) is 9.69 Å².